The highest BCUT2D eigenvalue weighted by Gasteiger charge is 2.23. The molecule has 6 heteroatoms. The number of benzene rings is 2. The fourth-order valence-electron chi connectivity index (χ4n) is 2.98. The van der Waals surface area contributed by atoms with Gasteiger partial charge >= 0.3 is 0 Å². The molecule has 0 bridgehead atoms. The van der Waals surface area contributed by atoms with E-state index in [0.29, 0.717) is 17.0 Å². The number of rotatable bonds is 6. The summed E-state index contributed by atoms with van der Waals surface area (Å²) in [6, 6.07) is 15.3. The number of carbonyl (C=O) groups is 1. The van der Waals surface area contributed by atoms with Crippen molar-refractivity contribution in [2.24, 2.45) is 0 Å². The second-order valence-electron chi connectivity index (χ2n) is 6.69. The first-order valence-corrected chi connectivity index (χ1v) is 8.66. The molecular weight excluding hydrogens is 345 g/mol. The second kappa shape index (κ2) is 8.14. The van der Waals surface area contributed by atoms with Crippen molar-refractivity contribution >= 4 is 5.91 Å². The molecule has 27 heavy (non-hydrogen) atoms. The highest BCUT2D eigenvalue weighted by Crippen LogP contribution is 2.21. The SMILES string of the molecule is Cc1cccc([C@H](C(=O)NCc2cc(-c3cccc(F)c3)no2)N(C)C)c1. The van der Waals surface area contributed by atoms with Crippen LogP contribution in [0.2, 0.25) is 0 Å². The normalized spacial score (nSPS) is 12.2. The molecule has 0 aliphatic carbocycles. The van der Waals surface area contributed by atoms with Gasteiger partial charge in [0.1, 0.15) is 17.6 Å². The molecule has 0 radical (unpaired) electrons. The lowest BCUT2D eigenvalue weighted by Crippen LogP contribution is -2.36. The average molecular weight is 367 g/mol. The Morgan fingerprint density at radius 2 is 1.96 bits per heavy atom. The summed E-state index contributed by atoms with van der Waals surface area (Å²) in [7, 11) is 3.73. The van der Waals surface area contributed by atoms with Crippen molar-refractivity contribution in [3.05, 3.63) is 77.3 Å². The van der Waals surface area contributed by atoms with Crippen LogP contribution in [0.5, 0.6) is 0 Å². The van der Waals surface area contributed by atoms with Gasteiger partial charge in [0.2, 0.25) is 5.91 Å². The summed E-state index contributed by atoms with van der Waals surface area (Å²) in [5.41, 5.74) is 3.18. The zero-order chi connectivity index (χ0) is 19.4. The number of likely N-dealkylation sites (N-methyl/N-ethyl adjacent to an activating group) is 1. The summed E-state index contributed by atoms with van der Waals surface area (Å²) in [5, 5.41) is 6.84. The third-order valence-corrected chi connectivity index (χ3v) is 4.24. The topological polar surface area (TPSA) is 58.4 Å². The predicted octanol–water partition coefficient (Wildman–Crippen LogP) is 3.71. The minimum atomic E-state index is -0.407. The molecule has 0 spiro atoms. The smallest absolute Gasteiger partial charge is 0.242 e. The number of aromatic nitrogens is 1. The van der Waals surface area contributed by atoms with Crippen LogP contribution in [0.15, 0.2) is 59.1 Å². The largest absolute Gasteiger partial charge is 0.359 e. The van der Waals surface area contributed by atoms with Crippen LogP contribution in [-0.4, -0.2) is 30.1 Å². The highest BCUT2D eigenvalue weighted by atomic mass is 19.1. The quantitative estimate of drug-likeness (QED) is 0.722. The number of carbonyl (C=O) groups excluding carboxylic acids is 1. The van der Waals surface area contributed by atoms with Gasteiger partial charge in [0, 0.05) is 11.6 Å². The first-order valence-electron chi connectivity index (χ1n) is 8.66. The van der Waals surface area contributed by atoms with Crippen molar-refractivity contribution < 1.29 is 13.7 Å². The molecule has 1 heterocycles. The Bertz CT molecular complexity index is 936. The molecule has 0 unspecified atom stereocenters. The number of nitrogens with zero attached hydrogens (tertiary/aromatic N) is 2. The van der Waals surface area contributed by atoms with Crippen LogP contribution >= 0.6 is 0 Å². The Labute approximate surface area is 157 Å². The first kappa shape index (κ1) is 18.8. The van der Waals surface area contributed by atoms with Crippen LogP contribution in [0.3, 0.4) is 0 Å². The zero-order valence-corrected chi connectivity index (χ0v) is 15.6. The summed E-state index contributed by atoms with van der Waals surface area (Å²) in [4.78, 5) is 14.6. The van der Waals surface area contributed by atoms with Crippen molar-refractivity contribution in [2.75, 3.05) is 14.1 Å². The summed E-state index contributed by atoms with van der Waals surface area (Å²) in [5.74, 6) is 0.0380. The molecule has 0 saturated heterocycles. The molecule has 1 amide bonds. The minimum absolute atomic E-state index is 0.130. The highest BCUT2D eigenvalue weighted by molar-refractivity contribution is 5.83. The van der Waals surface area contributed by atoms with Crippen molar-refractivity contribution in [1.29, 1.82) is 0 Å². The second-order valence-corrected chi connectivity index (χ2v) is 6.69. The van der Waals surface area contributed by atoms with Gasteiger partial charge in [-0.1, -0.05) is 47.1 Å². The Morgan fingerprint density at radius 3 is 2.67 bits per heavy atom. The molecule has 2 aromatic carbocycles. The van der Waals surface area contributed by atoms with E-state index >= 15 is 0 Å². The zero-order valence-electron chi connectivity index (χ0n) is 15.6. The lowest BCUT2D eigenvalue weighted by atomic mass is 10.0. The van der Waals surface area contributed by atoms with E-state index in [1.54, 1.807) is 18.2 Å². The lowest BCUT2D eigenvalue weighted by molar-refractivity contribution is -0.126. The molecule has 3 aromatic rings. The van der Waals surface area contributed by atoms with Crippen molar-refractivity contribution in [1.82, 2.24) is 15.4 Å². The molecular formula is C21H22FN3O2. The number of aryl methyl sites for hydroxylation is 1. The third-order valence-electron chi connectivity index (χ3n) is 4.24. The molecule has 1 atom stereocenters. The predicted molar refractivity (Wildman–Crippen MR) is 101 cm³/mol. The van der Waals surface area contributed by atoms with Gasteiger partial charge in [-0.3, -0.25) is 9.69 Å². The molecule has 140 valence electrons. The van der Waals surface area contributed by atoms with Crippen LogP contribution in [0, 0.1) is 12.7 Å². The maximum Gasteiger partial charge on any atom is 0.242 e. The number of nitrogens with one attached hydrogen (secondary N) is 1. The molecule has 0 aliphatic rings. The van der Waals surface area contributed by atoms with Gasteiger partial charge in [-0.15, -0.1) is 0 Å². The van der Waals surface area contributed by atoms with Crippen LogP contribution in [0.1, 0.15) is 22.9 Å². The first-order chi connectivity index (χ1) is 12.9. The molecule has 1 N–H and O–H groups in total. The van der Waals surface area contributed by atoms with E-state index in [1.807, 2.05) is 50.2 Å². The van der Waals surface area contributed by atoms with Gasteiger partial charge < -0.3 is 9.84 Å². The van der Waals surface area contributed by atoms with Gasteiger partial charge in [0.25, 0.3) is 0 Å². The van der Waals surface area contributed by atoms with Crippen molar-refractivity contribution in [2.45, 2.75) is 19.5 Å². The lowest BCUT2D eigenvalue weighted by Gasteiger charge is -2.24. The Balaban J connectivity index is 1.69. The van der Waals surface area contributed by atoms with Gasteiger partial charge in [0.15, 0.2) is 5.76 Å². The van der Waals surface area contributed by atoms with Gasteiger partial charge in [-0.05, 0) is 38.7 Å². The summed E-state index contributed by atoms with van der Waals surface area (Å²) < 4.78 is 18.6. The Morgan fingerprint density at radius 1 is 1.19 bits per heavy atom. The van der Waals surface area contributed by atoms with E-state index in [1.165, 1.54) is 12.1 Å². The molecule has 0 saturated carbocycles. The molecule has 3 rings (SSSR count). The average Bonchev–Trinajstić information content (AvgIpc) is 3.09. The summed E-state index contributed by atoms with van der Waals surface area (Å²) >= 11 is 0. The number of hydrogen-bond acceptors (Lipinski definition) is 4. The summed E-state index contributed by atoms with van der Waals surface area (Å²) in [6.45, 7) is 2.20. The Hall–Kier alpha value is -2.99. The van der Waals surface area contributed by atoms with Gasteiger partial charge in [-0.2, -0.15) is 0 Å². The fraction of sp³-hybridized carbons (Fsp3) is 0.238. The number of hydrogen-bond donors (Lipinski definition) is 1. The standard InChI is InChI=1S/C21H22FN3O2/c1-14-6-4-8-16(10-14)20(25(2)3)21(26)23-13-18-12-19(24-27-18)15-7-5-9-17(22)11-15/h4-12,20H,13H2,1-3H3,(H,23,26)/t20-/m1/s1. The maximum absolute atomic E-state index is 13.3. The molecule has 1 aromatic heterocycles. The third kappa shape index (κ3) is 4.60. The van der Waals surface area contributed by atoms with E-state index < -0.39 is 6.04 Å². The molecule has 5 nitrogen and oxygen atoms in total. The minimum Gasteiger partial charge on any atom is -0.359 e. The monoisotopic (exact) mass is 367 g/mol. The van der Waals surface area contributed by atoms with E-state index in [0.717, 1.165) is 11.1 Å². The number of halogens is 1. The summed E-state index contributed by atoms with van der Waals surface area (Å²) in [6.07, 6.45) is 0. The van der Waals surface area contributed by atoms with E-state index in [4.69, 9.17) is 4.52 Å². The van der Waals surface area contributed by atoms with Crippen LogP contribution < -0.4 is 5.32 Å². The van der Waals surface area contributed by atoms with Crippen molar-refractivity contribution in [3.8, 4) is 11.3 Å². The van der Waals surface area contributed by atoms with Crippen molar-refractivity contribution in [3.63, 3.8) is 0 Å². The molecule has 0 aliphatic heterocycles. The van der Waals surface area contributed by atoms with Crippen LogP contribution in [0.4, 0.5) is 4.39 Å². The molecule has 0 fully saturated rings. The fourth-order valence-corrected chi connectivity index (χ4v) is 2.98. The van der Waals surface area contributed by atoms with E-state index in [-0.39, 0.29) is 18.3 Å². The van der Waals surface area contributed by atoms with Gasteiger partial charge in [0.05, 0.1) is 6.54 Å². The van der Waals surface area contributed by atoms with E-state index in [2.05, 4.69) is 10.5 Å². The maximum atomic E-state index is 13.3. The van der Waals surface area contributed by atoms with E-state index in [9.17, 15) is 9.18 Å². The van der Waals surface area contributed by atoms with Crippen LogP contribution in [0.25, 0.3) is 11.3 Å². The van der Waals surface area contributed by atoms with Crippen LogP contribution in [-0.2, 0) is 11.3 Å². The number of amides is 1. The Kier molecular flexibility index (Phi) is 5.66. The van der Waals surface area contributed by atoms with Gasteiger partial charge in [-0.25, -0.2) is 4.39 Å².